The predicted octanol–water partition coefficient (Wildman–Crippen LogP) is 5.47. The van der Waals surface area contributed by atoms with E-state index >= 15 is 0 Å². The zero-order valence-corrected chi connectivity index (χ0v) is 17.2. The Bertz CT molecular complexity index is 1570. The molecule has 0 aliphatic rings. The van der Waals surface area contributed by atoms with Gasteiger partial charge < -0.3 is 8.98 Å². The minimum Gasteiger partial charge on any atom is -0.402 e. The molecule has 7 nitrogen and oxygen atoms in total. The van der Waals surface area contributed by atoms with Crippen LogP contribution in [0.3, 0.4) is 0 Å². The van der Waals surface area contributed by atoms with Gasteiger partial charge in [-0.25, -0.2) is 9.78 Å². The number of aryl methyl sites for hydroxylation is 1. The SMILES string of the molecule is CCc1ccc2c(c1)c1c3cccnc3oc(=O)c1n2Cc1cc([N+](=O)[O-])ccc1Cl. The molecule has 2 aromatic carbocycles. The van der Waals surface area contributed by atoms with E-state index in [1.807, 2.05) is 22.8 Å². The van der Waals surface area contributed by atoms with Crippen molar-refractivity contribution in [1.29, 1.82) is 0 Å². The van der Waals surface area contributed by atoms with Gasteiger partial charge in [0.2, 0.25) is 5.71 Å². The highest BCUT2D eigenvalue weighted by Gasteiger charge is 2.20. The molecule has 0 spiro atoms. The first kappa shape index (κ1) is 19.3. The summed E-state index contributed by atoms with van der Waals surface area (Å²) in [6.07, 6.45) is 2.42. The van der Waals surface area contributed by atoms with Gasteiger partial charge in [-0.3, -0.25) is 10.1 Å². The minimum absolute atomic E-state index is 0.0601. The van der Waals surface area contributed by atoms with Crippen molar-refractivity contribution in [2.45, 2.75) is 19.9 Å². The number of aromatic nitrogens is 2. The predicted molar refractivity (Wildman–Crippen MR) is 120 cm³/mol. The minimum atomic E-state index is -0.517. The van der Waals surface area contributed by atoms with E-state index in [0.29, 0.717) is 16.1 Å². The van der Waals surface area contributed by atoms with Crippen LogP contribution in [0, 0.1) is 10.1 Å². The quantitative estimate of drug-likeness (QED) is 0.277. The van der Waals surface area contributed by atoms with Gasteiger partial charge in [0.05, 0.1) is 11.5 Å². The third kappa shape index (κ3) is 3.05. The summed E-state index contributed by atoms with van der Waals surface area (Å²) in [7, 11) is 0. The summed E-state index contributed by atoms with van der Waals surface area (Å²) < 4.78 is 7.32. The lowest BCUT2D eigenvalue weighted by atomic mass is 10.1. The number of nitro groups is 1. The van der Waals surface area contributed by atoms with E-state index in [1.54, 1.807) is 12.3 Å². The first-order valence-corrected chi connectivity index (χ1v) is 10.1. The summed E-state index contributed by atoms with van der Waals surface area (Å²) in [6.45, 7) is 2.25. The second kappa shape index (κ2) is 7.21. The Morgan fingerprint density at radius 2 is 2.00 bits per heavy atom. The van der Waals surface area contributed by atoms with Crippen LogP contribution in [-0.2, 0) is 13.0 Å². The molecule has 3 heterocycles. The Balaban J connectivity index is 1.88. The zero-order valence-electron chi connectivity index (χ0n) is 16.5. The average molecular weight is 434 g/mol. The summed E-state index contributed by atoms with van der Waals surface area (Å²) in [5.41, 5.74) is 2.57. The highest BCUT2D eigenvalue weighted by molar-refractivity contribution is 6.31. The van der Waals surface area contributed by atoms with Gasteiger partial charge in [0.15, 0.2) is 0 Å². The van der Waals surface area contributed by atoms with Crippen molar-refractivity contribution in [2.75, 3.05) is 0 Å². The van der Waals surface area contributed by atoms with E-state index in [-0.39, 0.29) is 17.9 Å². The Kier molecular flexibility index (Phi) is 4.48. The molecule has 5 aromatic rings. The molecule has 5 rings (SSSR count). The molecule has 0 saturated carbocycles. The van der Waals surface area contributed by atoms with Gasteiger partial charge in [0.1, 0.15) is 5.52 Å². The summed E-state index contributed by atoms with van der Waals surface area (Å²) in [6, 6.07) is 14.0. The van der Waals surface area contributed by atoms with Gasteiger partial charge in [0.25, 0.3) is 5.69 Å². The molecule has 8 heteroatoms. The first-order valence-electron chi connectivity index (χ1n) is 9.73. The van der Waals surface area contributed by atoms with Gasteiger partial charge in [-0.1, -0.05) is 24.6 Å². The largest absolute Gasteiger partial charge is 0.402 e. The molecule has 0 atom stereocenters. The van der Waals surface area contributed by atoms with Crippen LogP contribution in [0.15, 0.2) is 63.9 Å². The van der Waals surface area contributed by atoms with Crippen LogP contribution in [-0.4, -0.2) is 14.5 Å². The lowest BCUT2D eigenvalue weighted by molar-refractivity contribution is -0.384. The van der Waals surface area contributed by atoms with Gasteiger partial charge in [0, 0.05) is 45.0 Å². The van der Waals surface area contributed by atoms with E-state index in [4.69, 9.17) is 16.0 Å². The summed E-state index contributed by atoms with van der Waals surface area (Å²) >= 11 is 6.36. The van der Waals surface area contributed by atoms with E-state index in [2.05, 4.69) is 18.0 Å². The molecule has 31 heavy (non-hydrogen) atoms. The molecule has 0 radical (unpaired) electrons. The van der Waals surface area contributed by atoms with Crippen molar-refractivity contribution >= 4 is 50.2 Å². The Morgan fingerprint density at radius 3 is 2.77 bits per heavy atom. The lowest BCUT2D eigenvalue weighted by Gasteiger charge is -2.09. The third-order valence-corrected chi connectivity index (χ3v) is 5.90. The number of rotatable bonds is 4. The molecule has 154 valence electrons. The molecule has 0 N–H and O–H groups in total. The van der Waals surface area contributed by atoms with Gasteiger partial charge in [-0.05, 0) is 47.9 Å². The lowest BCUT2D eigenvalue weighted by Crippen LogP contribution is -2.09. The molecule has 0 aliphatic carbocycles. The van der Waals surface area contributed by atoms with Crippen LogP contribution in [0.5, 0.6) is 0 Å². The van der Waals surface area contributed by atoms with Gasteiger partial charge in [-0.15, -0.1) is 0 Å². The third-order valence-electron chi connectivity index (χ3n) is 5.53. The number of non-ortho nitro benzene ring substituents is 1. The first-order chi connectivity index (χ1) is 15.0. The normalized spacial score (nSPS) is 11.5. The standard InChI is InChI=1S/C23H16ClN3O4/c1-2-13-5-8-19-17(10-13)20-16-4-3-9-25-22(16)31-23(28)21(20)26(19)12-14-11-15(27(29)30)6-7-18(14)24/h3-11H,2,12H2,1H3. The van der Waals surface area contributed by atoms with Crippen LogP contribution in [0.25, 0.3) is 32.9 Å². The van der Waals surface area contributed by atoms with Crippen LogP contribution in [0.2, 0.25) is 5.02 Å². The average Bonchev–Trinajstić information content (AvgIpc) is 3.09. The van der Waals surface area contributed by atoms with Crippen molar-refractivity contribution in [2.24, 2.45) is 0 Å². The summed E-state index contributed by atoms with van der Waals surface area (Å²) in [5.74, 6) is 0. The van der Waals surface area contributed by atoms with Crippen molar-refractivity contribution in [3.05, 3.63) is 91.4 Å². The van der Waals surface area contributed by atoms with Crippen molar-refractivity contribution in [3.8, 4) is 0 Å². The fourth-order valence-electron chi connectivity index (χ4n) is 4.04. The molecule has 3 aromatic heterocycles. The molecule has 0 saturated heterocycles. The smallest absolute Gasteiger partial charge is 0.362 e. The maximum atomic E-state index is 13.0. The number of benzene rings is 2. The van der Waals surface area contributed by atoms with Crippen molar-refractivity contribution in [3.63, 3.8) is 0 Å². The molecule has 0 bridgehead atoms. The summed E-state index contributed by atoms with van der Waals surface area (Å²) in [4.78, 5) is 28.0. The summed E-state index contributed by atoms with van der Waals surface area (Å²) in [5, 5.41) is 14.0. The fourth-order valence-corrected chi connectivity index (χ4v) is 4.21. The maximum Gasteiger partial charge on any atom is 0.362 e. The topological polar surface area (TPSA) is 91.2 Å². The number of halogens is 1. The Hall–Kier alpha value is -3.71. The second-order valence-electron chi connectivity index (χ2n) is 7.29. The number of hydrogen-bond donors (Lipinski definition) is 0. The van der Waals surface area contributed by atoms with Gasteiger partial charge in [-0.2, -0.15) is 0 Å². The molecule has 0 unspecified atom stereocenters. The van der Waals surface area contributed by atoms with Crippen molar-refractivity contribution in [1.82, 2.24) is 9.55 Å². The van der Waals surface area contributed by atoms with Gasteiger partial charge >= 0.3 is 5.63 Å². The molecular formula is C23H16ClN3O4. The zero-order chi connectivity index (χ0) is 21.7. The number of pyridine rings is 1. The highest BCUT2D eigenvalue weighted by atomic mass is 35.5. The van der Waals surface area contributed by atoms with Crippen LogP contribution in [0.4, 0.5) is 5.69 Å². The van der Waals surface area contributed by atoms with Crippen LogP contribution < -0.4 is 5.63 Å². The number of nitro benzene ring substituents is 1. The molecule has 0 fully saturated rings. The monoisotopic (exact) mass is 433 g/mol. The van der Waals surface area contributed by atoms with E-state index < -0.39 is 10.5 Å². The van der Waals surface area contributed by atoms with E-state index in [1.165, 1.54) is 18.2 Å². The number of fused-ring (bicyclic) bond motifs is 5. The van der Waals surface area contributed by atoms with Crippen LogP contribution >= 0.6 is 11.6 Å². The Labute approximate surface area is 180 Å². The second-order valence-corrected chi connectivity index (χ2v) is 7.70. The molecule has 0 aliphatic heterocycles. The Morgan fingerprint density at radius 1 is 1.16 bits per heavy atom. The van der Waals surface area contributed by atoms with E-state index in [9.17, 15) is 14.9 Å². The maximum absolute atomic E-state index is 13.0. The molecular weight excluding hydrogens is 418 g/mol. The number of hydrogen-bond acceptors (Lipinski definition) is 5. The van der Waals surface area contributed by atoms with Crippen LogP contribution in [0.1, 0.15) is 18.1 Å². The molecule has 0 amide bonds. The number of nitrogens with zero attached hydrogens (tertiary/aromatic N) is 3. The van der Waals surface area contributed by atoms with Crippen molar-refractivity contribution < 1.29 is 9.34 Å². The highest BCUT2D eigenvalue weighted by Crippen LogP contribution is 2.34. The van der Waals surface area contributed by atoms with E-state index in [0.717, 1.165) is 33.7 Å². The fraction of sp³-hybridized carbons (Fsp3) is 0.130.